The molecular formula is C63H61BN2. The van der Waals surface area contributed by atoms with E-state index in [2.05, 4.69) is 256 Å². The van der Waals surface area contributed by atoms with Gasteiger partial charge in [0, 0.05) is 39.3 Å². The lowest BCUT2D eigenvalue weighted by molar-refractivity contribution is 0.590. The summed E-state index contributed by atoms with van der Waals surface area (Å²) in [5.74, 6) is 0. The SMILES string of the molecule is CC(C)(C)c1ccc(N2B3c4cc5c(cc4N(c4ccc(C(C)(C)C)cc4-c4ccccc4)c4cc(C(C)(C)C)cc(c43)-c3cc(-c4ccccc4)ccc32)-c2ccccc2C5(C)C)cc1. The van der Waals surface area contributed by atoms with Crippen molar-refractivity contribution in [1.29, 1.82) is 0 Å². The predicted octanol–water partition coefficient (Wildman–Crippen LogP) is 15.9. The van der Waals surface area contributed by atoms with E-state index in [0.717, 1.165) is 0 Å². The number of nitrogens with zero attached hydrogens (tertiary/aromatic N) is 2. The summed E-state index contributed by atoms with van der Waals surface area (Å²) in [6.07, 6.45) is 0. The van der Waals surface area contributed by atoms with Crippen LogP contribution < -0.4 is 20.6 Å². The third kappa shape index (κ3) is 6.60. The standard InChI is InChI=1S/C63H61BN2/c1-60(2,3)43-27-30-46(31-28-43)66-56-32-26-42(40-20-14-12-15-21-40)34-50(56)51-36-45(62(7,8)9)37-58-59(51)64(66)54-39-53-49(47-24-18-19-25-52(47)63(53,10)11)38-57(54)65(58)55-33-29-44(61(4,5)6)35-48(55)41-22-16-13-17-23-41/h12-39H,1-11H3. The number of hydrogen-bond acceptors (Lipinski definition) is 2. The maximum atomic E-state index is 2.68. The average Bonchev–Trinajstić information content (AvgIpc) is 3.52. The number of fused-ring (bicyclic) bond motifs is 7. The van der Waals surface area contributed by atoms with E-state index in [-0.39, 0.29) is 28.5 Å². The van der Waals surface area contributed by atoms with Crippen LogP contribution in [-0.2, 0) is 21.7 Å². The molecule has 3 aliphatic rings. The first-order valence-electron chi connectivity index (χ1n) is 24.0. The zero-order chi connectivity index (χ0) is 46.1. The van der Waals surface area contributed by atoms with Gasteiger partial charge in [-0.15, -0.1) is 0 Å². The van der Waals surface area contributed by atoms with E-state index in [1.54, 1.807) is 0 Å². The van der Waals surface area contributed by atoms with Crippen LogP contribution in [0.15, 0.2) is 170 Å². The van der Waals surface area contributed by atoms with Crippen molar-refractivity contribution in [1.82, 2.24) is 0 Å². The Kier molecular flexibility index (Phi) is 9.38. The van der Waals surface area contributed by atoms with Crippen molar-refractivity contribution >= 4 is 46.2 Å². The fourth-order valence-corrected chi connectivity index (χ4v) is 11.1. The molecule has 0 radical (unpaired) electrons. The molecule has 3 heteroatoms. The van der Waals surface area contributed by atoms with Gasteiger partial charge in [-0.05, 0) is 137 Å². The van der Waals surface area contributed by atoms with Crippen molar-refractivity contribution in [2.75, 3.05) is 9.71 Å². The fourth-order valence-electron chi connectivity index (χ4n) is 11.1. The van der Waals surface area contributed by atoms with Crippen LogP contribution in [0.5, 0.6) is 0 Å². The van der Waals surface area contributed by atoms with Crippen LogP contribution in [0.2, 0.25) is 0 Å². The minimum absolute atomic E-state index is 0.0302. The summed E-state index contributed by atoms with van der Waals surface area (Å²) >= 11 is 0. The summed E-state index contributed by atoms with van der Waals surface area (Å²) in [5, 5.41) is 0. The Hall–Kier alpha value is -6.58. The zero-order valence-corrected chi connectivity index (χ0v) is 40.6. The molecule has 8 aromatic rings. The Labute approximate surface area is 394 Å². The molecule has 0 amide bonds. The molecule has 0 saturated heterocycles. The van der Waals surface area contributed by atoms with Crippen molar-refractivity contribution in [2.24, 2.45) is 0 Å². The van der Waals surface area contributed by atoms with Gasteiger partial charge >= 0.3 is 6.85 Å². The van der Waals surface area contributed by atoms with Gasteiger partial charge in [0.2, 0.25) is 0 Å². The third-order valence-corrected chi connectivity index (χ3v) is 14.9. The molecule has 0 spiro atoms. The molecule has 2 heterocycles. The highest BCUT2D eigenvalue weighted by atomic mass is 15.2. The van der Waals surface area contributed by atoms with Gasteiger partial charge in [0.05, 0.1) is 5.69 Å². The van der Waals surface area contributed by atoms with Crippen LogP contribution in [0.3, 0.4) is 0 Å². The van der Waals surface area contributed by atoms with Gasteiger partial charge in [-0.2, -0.15) is 0 Å². The van der Waals surface area contributed by atoms with Crippen molar-refractivity contribution in [3.8, 4) is 44.5 Å². The highest BCUT2D eigenvalue weighted by molar-refractivity contribution is 6.93. The van der Waals surface area contributed by atoms with Crippen molar-refractivity contribution in [2.45, 2.75) is 97.8 Å². The molecule has 66 heavy (non-hydrogen) atoms. The maximum absolute atomic E-state index is 2.68. The second-order valence-electron chi connectivity index (χ2n) is 22.7. The van der Waals surface area contributed by atoms with Gasteiger partial charge in [0.25, 0.3) is 0 Å². The lowest BCUT2D eigenvalue weighted by atomic mass is 9.43. The van der Waals surface area contributed by atoms with Crippen molar-refractivity contribution in [3.63, 3.8) is 0 Å². The zero-order valence-electron chi connectivity index (χ0n) is 40.6. The topological polar surface area (TPSA) is 6.48 Å². The van der Waals surface area contributed by atoms with Crippen LogP contribution in [0.1, 0.15) is 104 Å². The quantitative estimate of drug-likeness (QED) is 0.163. The van der Waals surface area contributed by atoms with E-state index in [1.165, 1.54) is 112 Å². The van der Waals surface area contributed by atoms with Crippen LogP contribution in [0, 0.1) is 0 Å². The molecule has 326 valence electrons. The molecular weight excluding hydrogens is 796 g/mol. The molecule has 8 aromatic carbocycles. The molecule has 1 aliphatic carbocycles. The summed E-state index contributed by atoms with van der Waals surface area (Å²) in [6.45, 7) is 25.7. The molecule has 0 unspecified atom stereocenters. The Morgan fingerprint density at radius 1 is 0.379 bits per heavy atom. The third-order valence-electron chi connectivity index (χ3n) is 14.9. The van der Waals surface area contributed by atoms with E-state index in [9.17, 15) is 0 Å². The molecule has 0 atom stereocenters. The predicted molar refractivity (Wildman–Crippen MR) is 285 cm³/mol. The van der Waals surface area contributed by atoms with Crippen molar-refractivity contribution < 1.29 is 0 Å². The second-order valence-corrected chi connectivity index (χ2v) is 22.7. The summed E-state index contributed by atoms with van der Waals surface area (Å²) in [4.78, 5) is 5.34. The Morgan fingerprint density at radius 2 is 0.970 bits per heavy atom. The van der Waals surface area contributed by atoms with E-state index in [0.29, 0.717) is 0 Å². The monoisotopic (exact) mass is 856 g/mol. The molecule has 0 N–H and O–H groups in total. The number of hydrogen-bond donors (Lipinski definition) is 0. The lowest BCUT2D eigenvalue weighted by Crippen LogP contribution is -2.62. The Balaban J connectivity index is 1.30. The molecule has 0 saturated carbocycles. The molecule has 0 fully saturated rings. The van der Waals surface area contributed by atoms with Gasteiger partial charge in [-0.1, -0.05) is 197 Å². The molecule has 11 rings (SSSR count). The number of benzene rings is 8. The molecule has 0 bridgehead atoms. The number of anilines is 5. The van der Waals surface area contributed by atoms with Gasteiger partial charge < -0.3 is 9.71 Å². The largest absolute Gasteiger partial charge is 0.376 e. The average molecular weight is 857 g/mol. The van der Waals surface area contributed by atoms with Gasteiger partial charge in [0.15, 0.2) is 0 Å². The van der Waals surface area contributed by atoms with E-state index in [1.807, 2.05) is 0 Å². The van der Waals surface area contributed by atoms with Crippen molar-refractivity contribution in [3.05, 3.63) is 198 Å². The first-order chi connectivity index (χ1) is 31.4. The van der Waals surface area contributed by atoms with Crippen LogP contribution in [0.25, 0.3) is 44.5 Å². The molecule has 2 nitrogen and oxygen atoms in total. The summed E-state index contributed by atoms with van der Waals surface area (Å²) in [7, 11) is 0. The minimum Gasteiger partial charge on any atom is -0.376 e. The second kappa shape index (κ2) is 14.7. The van der Waals surface area contributed by atoms with E-state index in [4.69, 9.17) is 0 Å². The Morgan fingerprint density at radius 3 is 1.64 bits per heavy atom. The summed E-state index contributed by atoms with van der Waals surface area (Å²) < 4.78 is 0. The van der Waals surface area contributed by atoms with E-state index < -0.39 is 0 Å². The summed E-state index contributed by atoms with van der Waals surface area (Å²) in [6, 6.07) is 65.2. The van der Waals surface area contributed by atoms with Crippen LogP contribution in [0.4, 0.5) is 28.4 Å². The maximum Gasteiger partial charge on any atom is 0.333 e. The van der Waals surface area contributed by atoms with Crippen LogP contribution >= 0.6 is 0 Å². The fraction of sp³-hybridized carbons (Fsp3) is 0.238. The van der Waals surface area contributed by atoms with Gasteiger partial charge in [-0.25, -0.2) is 0 Å². The van der Waals surface area contributed by atoms with Gasteiger partial charge in [-0.3, -0.25) is 0 Å². The molecule has 0 aromatic heterocycles. The van der Waals surface area contributed by atoms with Crippen LogP contribution in [-0.4, -0.2) is 6.85 Å². The highest BCUT2D eigenvalue weighted by Gasteiger charge is 2.48. The smallest absolute Gasteiger partial charge is 0.333 e. The normalized spacial score (nSPS) is 14.6. The van der Waals surface area contributed by atoms with E-state index >= 15 is 0 Å². The minimum atomic E-state index is -0.176. The first kappa shape index (κ1) is 42.1. The molecule has 2 aliphatic heterocycles. The lowest BCUT2D eigenvalue weighted by Gasteiger charge is -2.47. The summed E-state index contributed by atoms with van der Waals surface area (Å²) in [5.41, 5.74) is 25.3. The Bertz CT molecular complexity index is 3210. The highest BCUT2D eigenvalue weighted by Crippen LogP contribution is 2.54. The first-order valence-corrected chi connectivity index (χ1v) is 24.0. The number of rotatable bonds is 4. The van der Waals surface area contributed by atoms with Gasteiger partial charge in [0.1, 0.15) is 0 Å².